The molecule has 0 saturated heterocycles. The van der Waals surface area contributed by atoms with Gasteiger partial charge >= 0.3 is 0 Å². The van der Waals surface area contributed by atoms with Crippen LogP contribution < -0.4 is 43.4 Å². The molecule has 8 aromatic heterocycles. The van der Waals surface area contributed by atoms with Gasteiger partial charge in [0.15, 0.2) is 29.1 Å². The first-order valence-corrected chi connectivity index (χ1v) is 49.0. The van der Waals surface area contributed by atoms with Crippen LogP contribution in [0.3, 0.4) is 0 Å². The maximum Gasteiger partial charge on any atom is 0.230 e. The molecule has 14 rings (SSSR count). The molecule has 8 heterocycles. The fraction of sp³-hybridized carbons (Fsp3) is 0.233. The van der Waals surface area contributed by atoms with E-state index < -0.39 is 0 Å². The summed E-state index contributed by atoms with van der Waals surface area (Å²) in [7, 11) is 0. The molecule has 33 nitrogen and oxygen atoms in total. The minimum atomic E-state index is -0.142. The van der Waals surface area contributed by atoms with Crippen molar-refractivity contribution >= 4 is 164 Å². The van der Waals surface area contributed by atoms with Crippen molar-refractivity contribution < 1.29 is 28.8 Å². The molecular weight excluding hydrogens is 2110 g/mol. The molecule has 10 N–H and O–H groups in total. The van der Waals surface area contributed by atoms with Crippen LogP contribution in [0.2, 0.25) is 0 Å². The molecule has 0 aliphatic heterocycles. The van der Waals surface area contributed by atoms with E-state index in [0.29, 0.717) is 122 Å². The van der Waals surface area contributed by atoms with Gasteiger partial charge in [0.25, 0.3) is 0 Å². The van der Waals surface area contributed by atoms with Gasteiger partial charge in [-0.2, -0.15) is 15.3 Å². The van der Waals surface area contributed by atoms with Crippen LogP contribution in [-0.2, 0) is 99.4 Å². The van der Waals surface area contributed by atoms with Crippen molar-refractivity contribution in [3.63, 3.8) is 0 Å². The monoisotopic (exact) mass is 2210 g/mol. The van der Waals surface area contributed by atoms with Crippen molar-refractivity contribution in [2.45, 2.75) is 128 Å². The number of benzene rings is 6. The molecule has 0 aliphatic carbocycles. The highest BCUT2D eigenvalue weighted by Gasteiger charge is 2.15. The van der Waals surface area contributed by atoms with E-state index in [0.717, 1.165) is 150 Å². The zero-order valence-corrected chi connectivity index (χ0v) is 84.5. The van der Waals surface area contributed by atoms with Crippen LogP contribution in [0.4, 0.5) is 45.2 Å². The minimum absolute atomic E-state index is 0.0910. The van der Waals surface area contributed by atoms with Gasteiger partial charge in [-0.1, -0.05) is 232 Å². The lowest BCUT2D eigenvalue weighted by Gasteiger charge is -2.05. The molecule has 0 atom stereocenters. The highest BCUT2D eigenvalue weighted by Crippen LogP contribution is 2.21. The second-order valence-electron chi connectivity index (χ2n) is 29.5. The number of unbranched alkanes of at least 4 members (excludes halogenated alkanes) is 3. The number of nitrogens with two attached hydrogens (primary N) is 2. The van der Waals surface area contributed by atoms with Gasteiger partial charge in [-0.15, -0.1) is 85.0 Å². The third-order valence-electron chi connectivity index (χ3n) is 18.2. The molecule has 0 unspecified atom stereocenters. The first-order chi connectivity index (χ1) is 68.7. The number of aromatic nitrogens is 16. The molecule has 0 fully saturated rings. The molecule has 0 saturated carbocycles. The van der Waals surface area contributed by atoms with Crippen LogP contribution in [0.15, 0.2) is 255 Å². The number of nitrogens with one attached hydrogen (secondary N) is 6. The van der Waals surface area contributed by atoms with Crippen molar-refractivity contribution in [2.75, 3.05) is 68.3 Å². The summed E-state index contributed by atoms with van der Waals surface area (Å²) in [4.78, 5) is 81.3. The van der Waals surface area contributed by atoms with Crippen molar-refractivity contribution in [3.05, 3.63) is 363 Å². The van der Waals surface area contributed by atoms with Gasteiger partial charge in [0, 0.05) is 31.0 Å². The highest BCUT2D eigenvalue weighted by atomic mass is 127. The SMILES string of the molecule is C#CCCBr.Nc1ccc(I)nn1.Nc1nnc(CCCCc2ccc(NC(=O)Cc3ccccc3)nn2)s1.O=C(Cc1ccccc1)Nc1ccc(CCCCc2nnc(NC(=O)Cc3ccccc3)s2)nn1.O=C(Cc1ccccc1)Nc1ccc(I)nn1.[C-]#[N+]CCC#C.[C-]#[N+]CCC#Cc1ccc(NC(=O)Cc2ccccc2)nn1.[C-]#[N+]CCCCc1ccc(NC(=O)Cc2ccccc2)nn1. The van der Waals surface area contributed by atoms with Gasteiger partial charge in [0.05, 0.1) is 68.4 Å². The van der Waals surface area contributed by atoms with E-state index in [-0.39, 0.29) is 35.4 Å². The summed E-state index contributed by atoms with van der Waals surface area (Å²) in [5.41, 5.74) is 19.7. The third kappa shape index (κ3) is 52.0. The fourth-order valence-electron chi connectivity index (χ4n) is 11.5. The van der Waals surface area contributed by atoms with Gasteiger partial charge in [0.1, 0.15) is 28.9 Å². The predicted octanol–water partition coefficient (Wildman–Crippen LogP) is 17.4. The Morgan fingerprint density at radius 2 is 0.645 bits per heavy atom. The number of halogens is 3. The van der Waals surface area contributed by atoms with Crippen molar-refractivity contribution in [3.8, 4) is 36.5 Å². The normalized spacial score (nSPS) is 9.77. The molecule has 14 aromatic rings. The largest absolute Gasteiger partial charge is 0.382 e. The Bertz CT molecular complexity index is 6290. The van der Waals surface area contributed by atoms with Crippen LogP contribution in [0, 0.1) is 63.6 Å². The predicted molar refractivity (Wildman–Crippen MR) is 572 cm³/mol. The van der Waals surface area contributed by atoms with E-state index in [1.807, 2.05) is 206 Å². The number of rotatable bonds is 35. The Morgan fingerprint density at radius 1 is 0.326 bits per heavy atom. The summed E-state index contributed by atoms with van der Waals surface area (Å²) in [6, 6.07) is 78.8. The summed E-state index contributed by atoms with van der Waals surface area (Å²) < 4.78 is 1.65. The number of carbonyl (C=O) groups is 6. The Kier molecular flexibility index (Phi) is 55.2. The van der Waals surface area contributed by atoms with Gasteiger partial charge in [-0.05, 0) is 209 Å². The Balaban J connectivity index is 0.000000232. The minimum Gasteiger partial charge on any atom is -0.382 e. The number of hydrogen-bond donors (Lipinski definition) is 8. The lowest BCUT2D eigenvalue weighted by Crippen LogP contribution is -2.15. The summed E-state index contributed by atoms with van der Waals surface area (Å²) in [6.07, 6.45) is 23.2. The number of amides is 6. The van der Waals surface area contributed by atoms with Crippen LogP contribution in [0.5, 0.6) is 0 Å². The number of nitrogens with zero attached hydrogens (tertiary/aromatic N) is 19. The number of terminal acetylenes is 2. The summed E-state index contributed by atoms with van der Waals surface area (Å²) in [5.74, 6) is 12.5. The van der Waals surface area contributed by atoms with Crippen LogP contribution in [0.1, 0.15) is 124 Å². The number of alkyl halides is 1. The molecule has 0 spiro atoms. The van der Waals surface area contributed by atoms with Crippen LogP contribution >= 0.6 is 83.8 Å². The van der Waals surface area contributed by atoms with Gasteiger partial charge in [0.2, 0.25) is 65.3 Å². The number of aryl methyl sites for hydroxylation is 5. The van der Waals surface area contributed by atoms with Gasteiger partial charge in [-0.25, -0.2) is 19.7 Å². The van der Waals surface area contributed by atoms with E-state index in [2.05, 4.69) is 213 Å². The molecule has 0 aliphatic rings. The third-order valence-corrected chi connectivity index (χ3v) is 21.4. The quantitative estimate of drug-likeness (QED) is 0.00601. The molecule has 6 amide bonds. The Labute approximate surface area is 863 Å². The maximum absolute atomic E-state index is 12.2. The molecule has 38 heteroatoms. The summed E-state index contributed by atoms with van der Waals surface area (Å²) >= 11 is 10.1. The van der Waals surface area contributed by atoms with Crippen molar-refractivity contribution in [2.24, 2.45) is 0 Å². The maximum atomic E-state index is 12.2. The topological polar surface area (TPSA) is 446 Å². The highest BCUT2D eigenvalue weighted by molar-refractivity contribution is 14.1. The van der Waals surface area contributed by atoms with Crippen LogP contribution in [-0.4, -0.2) is 142 Å². The fourth-order valence-corrected chi connectivity index (χ4v) is 13.8. The average molecular weight is 2210 g/mol. The summed E-state index contributed by atoms with van der Waals surface area (Å²) in [5, 5.41) is 83.9. The van der Waals surface area contributed by atoms with E-state index in [4.69, 9.17) is 44.0 Å². The molecular formula is C103H102BrI2N27O6S2. The second-order valence-corrected chi connectivity index (χ2v) is 34.7. The van der Waals surface area contributed by atoms with Crippen molar-refractivity contribution in [1.82, 2.24) is 81.6 Å². The van der Waals surface area contributed by atoms with E-state index in [1.165, 1.54) is 22.7 Å². The van der Waals surface area contributed by atoms with Gasteiger partial charge < -0.3 is 57.9 Å². The van der Waals surface area contributed by atoms with E-state index >= 15 is 0 Å². The number of nitrogen functional groups attached to an aromatic ring is 2. The summed E-state index contributed by atoms with van der Waals surface area (Å²) in [6.45, 7) is 21.0. The average Bonchev–Trinajstić information content (AvgIpc) is 1.57. The standard InChI is InChI=1S/C26H26N6O2S.C18H20N6OS.C17H18N4O.C17H14N4O.C12H10IN3O.C5H5N.C4H5Br.C4H4IN3/c33-23(17-19-9-3-1-4-10-19)27-22-16-15-21(29-30-22)13-7-8-14-25-31-32-26(35-25)28-24(34)18-20-11-5-2-6-12-20;19-18-24-23-17(26-18)9-5-4-8-14-10-11-15(22-21-14)20-16(25)12-13-6-2-1-3-7-13;2*1-18-12-6-5-9-15-10-11-16(21-20-15)19-17(22)13-14-7-3-2-4-8-14;13-10-6-7-11(16-15-10)14-12(17)8-9-4-2-1-3-5-9;1-3-4-5-6-2;1-2-3-4-5;5-3-1-2-4(6)8-7-3/h1-6,9-12,15-16H,7-8,13-14,17-18H2,(H,27,30,33)(H,28,32,34);1-3,6-7,10-11H,4-5,8-9,12H2,(H2,19,24)(H,20,22,25);2-4,7-8,10-11H,5-6,9,12-13H2,(H,19,21,22);2-4,7-8,10-11H,6,12-13H2,(H,19,21,22);1-7H,8H2,(H,14,16,17);1H,4-5H2;1H,3-4H2;1-2H,(H2,6,8). The Morgan fingerprint density at radius 3 is 0.936 bits per heavy atom. The number of anilines is 8. The smallest absolute Gasteiger partial charge is 0.230 e. The molecule has 0 radical (unpaired) electrons. The molecule has 6 aromatic carbocycles. The van der Waals surface area contributed by atoms with E-state index in [1.54, 1.807) is 48.5 Å². The Hall–Kier alpha value is -15.6. The first-order valence-electron chi connectivity index (χ1n) is 44.1. The van der Waals surface area contributed by atoms with Gasteiger partial charge in [-0.3, -0.25) is 28.8 Å². The lowest BCUT2D eigenvalue weighted by molar-refractivity contribution is -0.116. The zero-order chi connectivity index (χ0) is 101. The molecule has 718 valence electrons. The van der Waals surface area contributed by atoms with E-state index in [9.17, 15) is 28.8 Å². The number of hydrogen-bond acceptors (Lipinski definition) is 26. The first kappa shape index (κ1) is 112. The molecule has 0 bridgehead atoms. The number of carbonyl (C=O) groups excluding carboxylic acids is 6. The van der Waals surface area contributed by atoms with Crippen molar-refractivity contribution in [1.29, 1.82) is 0 Å². The second kappa shape index (κ2) is 69.3. The van der Waals surface area contributed by atoms with Crippen LogP contribution in [0.25, 0.3) is 14.5 Å². The lowest BCUT2D eigenvalue weighted by atomic mass is 10.1. The zero-order valence-electron chi connectivity index (χ0n) is 76.9. The molecule has 141 heavy (non-hydrogen) atoms.